The minimum atomic E-state index is -0.957. The summed E-state index contributed by atoms with van der Waals surface area (Å²) in [7, 11) is 0. The molecule has 0 spiro atoms. The minimum Gasteiger partial charge on any atom is -0.505 e. The van der Waals surface area contributed by atoms with E-state index in [-0.39, 0.29) is 22.2 Å². The molecule has 1 unspecified atom stereocenters. The van der Waals surface area contributed by atoms with Crippen molar-refractivity contribution in [2.24, 2.45) is 0 Å². The fourth-order valence-electron chi connectivity index (χ4n) is 5.58. The second-order valence-corrected chi connectivity index (χ2v) is 13.0. The number of aromatic nitrogens is 4. The van der Waals surface area contributed by atoms with Crippen LogP contribution in [0, 0.1) is 13.8 Å². The predicted octanol–water partition coefficient (Wildman–Crippen LogP) is 7.53. The Morgan fingerprint density at radius 2 is 1.75 bits per heavy atom. The zero-order valence-corrected chi connectivity index (χ0v) is 26.0. The third kappa shape index (κ3) is 4.75. The third-order valence-corrected chi connectivity index (χ3v) is 10.1. The monoisotopic (exact) mass is 637 g/mol. The number of hydrogen-bond acceptors (Lipinski definition) is 8. The molecule has 1 saturated heterocycles. The average Bonchev–Trinajstić information content (AvgIpc) is 3.71. The highest BCUT2D eigenvalue weighted by Crippen LogP contribution is 2.44. The number of pyridine rings is 1. The number of carbonyl (C=O) groups is 2. The Balaban J connectivity index is 1.29. The van der Waals surface area contributed by atoms with Crippen molar-refractivity contribution in [2.45, 2.75) is 30.0 Å². The van der Waals surface area contributed by atoms with Crippen LogP contribution < -0.4 is 4.90 Å². The van der Waals surface area contributed by atoms with Gasteiger partial charge in [0.2, 0.25) is 5.13 Å². The zero-order valence-electron chi connectivity index (χ0n) is 23.6. The predicted molar refractivity (Wildman–Crippen MR) is 174 cm³/mol. The molecule has 1 atom stereocenters. The summed E-state index contributed by atoms with van der Waals surface area (Å²) in [5, 5.41) is 23.4. The first-order valence-corrected chi connectivity index (χ1v) is 15.9. The Morgan fingerprint density at radius 1 is 0.977 bits per heavy atom. The first kappa shape index (κ1) is 28.3. The number of fused-ring (bicyclic) bond motifs is 2. The molecule has 3 aromatic heterocycles. The Morgan fingerprint density at radius 3 is 2.55 bits per heavy atom. The number of ketones is 1. The lowest BCUT2D eigenvalue weighted by Crippen LogP contribution is -2.29. The maximum Gasteiger partial charge on any atom is 0.301 e. The van der Waals surface area contributed by atoms with Gasteiger partial charge in [0.15, 0.2) is 10.1 Å². The normalized spacial score (nSPS) is 16.4. The van der Waals surface area contributed by atoms with Crippen LogP contribution >= 0.6 is 34.7 Å². The number of rotatable bonds is 6. The summed E-state index contributed by atoms with van der Waals surface area (Å²) in [5.41, 5.74) is 4.12. The van der Waals surface area contributed by atoms with Crippen molar-refractivity contribution in [1.29, 1.82) is 0 Å². The fourth-order valence-corrected chi connectivity index (χ4v) is 7.58. The van der Waals surface area contributed by atoms with Gasteiger partial charge < -0.3 is 9.51 Å². The number of anilines is 1. The number of benzene rings is 3. The van der Waals surface area contributed by atoms with E-state index in [9.17, 15) is 14.7 Å². The molecular formula is C33H24ClN5O3S2. The van der Waals surface area contributed by atoms with Crippen LogP contribution in [0.2, 0.25) is 5.02 Å². The molecule has 0 aliphatic carbocycles. The number of halogens is 1. The van der Waals surface area contributed by atoms with Gasteiger partial charge >= 0.3 is 5.91 Å². The van der Waals surface area contributed by atoms with Crippen molar-refractivity contribution < 1.29 is 14.7 Å². The van der Waals surface area contributed by atoms with Crippen LogP contribution in [0.1, 0.15) is 34.1 Å². The van der Waals surface area contributed by atoms with E-state index in [1.54, 1.807) is 24.3 Å². The van der Waals surface area contributed by atoms with Gasteiger partial charge in [-0.1, -0.05) is 95.4 Å². The highest BCUT2D eigenvalue weighted by atomic mass is 35.5. The van der Waals surface area contributed by atoms with E-state index in [1.165, 1.54) is 28.0 Å². The van der Waals surface area contributed by atoms with Crippen LogP contribution in [0.3, 0.4) is 0 Å². The molecule has 7 rings (SSSR count). The Bertz CT molecular complexity index is 2130. The summed E-state index contributed by atoms with van der Waals surface area (Å²) in [6, 6.07) is 24.1. The molecular weight excluding hydrogens is 614 g/mol. The molecule has 8 nitrogen and oxygen atoms in total. The highest BCUT2D eigenvalue weighted by Gasteiger charge is 2.48. The quantitative estimate of drug-likeness (QED) is 0.0662. The number of nitrogens with zero attached hydrogens (tertiary/aromatic N) is 5. The maximum absolute atomic E-state index is 13.7. The zero-order chi connectivity index (χ0) is 30.5. The average molecular weight is 638 g/mol. The van der Waals surface area contributed by atoms with Gasteiger partial charge in [-0.25, -0.2) is 4.98 Å². The molecule has 0 saturated carbocycles. The van der Waals surface area contributed by atoms with Crippen LogP contribution in [0.15, 0.2) is 95.0 Å². The van der Waals surface area contributed by atoms with Gasteiger partial charge in [0.05, 0.1) is 17.3 Å². The summed E-state index contributed by atoms with van der Waals surface area (Å²) in [4.78, 5) is 33.3. The first-order valence-electron chi connectivity index (χ1n) is 13.8. The van der Waals surface area contributed by atoms with Gasteiger partial charge in [-0.2, -0.15) is 0 Å². The second kappa shape index (κ2) is 11.2. The van der Waals surface area contributed by atoms with Gasteiger partial charge in [-0.3, -0.25) is 14.5 Å². The minimum absolute atomic E-state index is 0.0679. The van der Waals surface area contributed by atoms with E-state index in [0.29, 0.717) is 32.0 Å². The smallest absolute Gasteiger partial charge is 0.301 e. The molecule has 1 fully saturated rings. The molecule has 0 radical (unpaired) electrons. The maximum atomic E-state index is 13.7. The lowest BCUT2D eigenvalue weighted by molar-refractivity contribution is -0.132. The SMILES string of the molecule is Cc1cccn2c(C)c(/C(O)=C3\C(=O)C(=O)N(c4nnc(SCc5cccc6ccccc56)s4)C3c3ccc(Cl)cc3)nc12. The summed E-state index contributed by atoms with van der Waals surface area (Å²) in [6.07, 6.45) is 1.84. The molecule has 11 heteroatoms. The Kier molecular flexibility index (Phi) is 7.20. The largest absolute Gasteiger partial charge is 0.505 e. The van der Waals surface area contributed by atoms with Crippen LogP contribution in [0.5, 0.6) is 0 Å². The Hall–Kier alpha value is -4.51. The van der Waals surface area contributed by atoms with Crippen molar-refractivity contribution in [1.82, 2.24) is 19.6 Å². The van der Waals surface area contributed by atoms with Crippen molar-refractivity contribution in [3.05, 3.63) is 124 Å². The van der Waals surface area contributed by atoms with E-state index >= 15 is 0 Å². The van der Waals surface area contributed by atoms with Gasteiger partial charge in [0.1, 0.15) is 11.3 Å². The van der Waals surface area contributed by atoms with Crippen LogP contribution in [0.4, 0.5) is 5.13 Å². The summed E-state index contributed by atoms with van der Waals surface area (Å²) in [5.74, 6) is -1.31. The standard InChI is InChI=1S/C33H24ClN5O3S2/c1-18-7-6-16-38-19(2)26(35-30(18)38)28(40)25-27(21-12-14-23(34)15-13-21)39(31(42)29(25)41)32-36-37-33(44-32)43-17-22-10-5-9-20-8-3-4-11-24(20)22/h3-16,27,40H,17H2,1-2H3/b28-25+. The highest BCUT2D eigenvalue weighted by molar-refractivity contribution is 8.00. The van der Waals surface area contributed by atoms with E-state index in [4.69, 9.17) is 11.6 Å². The van der Waals surface area contributed by atoms with Crippen molar-refractivity contribution in [2.75, 3.05) is 4.90 Å². The number of thioether (sulfide) groups is 1. The molecule has 3 aromatic carbocycles. The van der Waals surface area contributed by atoms with Gasteiger partial charge in [-0.05, 0) is 59.5 Å². The lowest BCUT2D eigenvalue weighted by atomic mass is 9.96. The van der Waals surface area contributed by atoms with Crippen LogP contribution in [-0.2, 0) is 15.3 Å². The van der Waals surface area contributed by atoms with Gasteiger partial charge in [0, 0.05) is 17.0 Å². The van der Waals surface area contributed by atoms with Crippen LogP contribution in [-0.4, -0.2) is 36.4 Å². The molecule has 0 bridgehead atoms. The summed E-state index contributed by atoms with van der Waals surface area (Å²) in [6.45, 7) is 3.73. The molecule has 6 aromatic rings. The molecule has 1 N–H and O–H groups in total. The number of aryl methyl sites for hydroxylation is 2. The molecule has 218 valence electrons. The number of imidazole rings is 1. The molecule has 44 heavy (non-hydrogen) atoms. The first-order chi connectivity index (χ1) is 21.3. The number of Topliss-reactive ketones (excluding diaryl/α,β-unsaturated/α-hetero) is 1. The third-order valence-electron chi connectivity index (χ3n) is 7.77. The number of hydrogen-bond donors (Lipinski definition) is 1. The van der Waals surface area contributed by atoms with Crippen molar-refractivity contribution >= 4 is 73.7 Å². The molecule has 4 heterocycles. The topological polar surface area (TPSA) is 101 Å². The van der Waals surface area contributed by atoms with E-state index in [1.807, 2.05) is 54.8 Å². The van der Waals surface area contributed by atoms with Crippen molar-refractivity contribution in [3.63, 3.8) is 0 Å². The van der Waals surface area contributed by atoms with E-state index < -0.39 is 17.7 Å². The Labute approximate surface area is 265 Å². The molecule has 1 aliphatic rings. The number of amides is 1. The number of carbonyl (C=O) groups excluding carboxylic acids is 2. The molecule has 1 amide bonds. The van der Waals surface area contributed by atoms with Crippen molar-refractivity contribution in [3.8, 4) is 0 Å². The second-order valence-electron chi connectivity index (χ2n) is 10.4. The van der Waals surface area contributed by atoms with Gasteiger partial charge in [0.25, 0.3) is 5.78 Å². The summed E-state index contributed by atoms with van der Waals surface area (Å²) < 4.78 is 2.50. The van der Waals surface area contributed by atoms with Crippen LogP contribution in [0.25, 0.3) is 22.2 Å². The van der Waals surface area contributed by atoms with E-state index in [2.05, 4.69) is 39.4 Å². The van der Waals surface area contributed by atoms with Gasteiger partial charge in [-0.15, -0.1) is 10.2 Å². The lowest BCUT2D eigenvalue weighted by Gasteiger charge is -2.22. The van der Waals surface area contributed by atoms with E-state index in [0.717, 1.165) is 21.9 Å². The fraction of sp³-hybridized carbons (Fsp3) is 0.121. The number of aliphatic hydroxyl groups excluding tert-OH is 1. The molecule has 1 aliphatic heterocycles. The summed E-state index contributed by atoms with van der Waals surface area (Å²) >= 11 is 8.92. The number of aliphatic hydroxyl groups is 1.